The fourth-order valence-corrected chi connectivity index (χ4v) is 1.86. The highest BCUT2D eigenvalue weighted by Crippen LogP contribution is 2.36. The number of rotatable bonds is 2. The Morgan fingerprint density at radius 1 is 1.57 bits per heavy atom. The molecule has 0 fully saturated rings. The van der Waals surface area contributed by atoms with E-state index in [1.165, 1.54) is 20.1 Å². The van der Waals surface area contributed by atoms with Gasteiger partial charge in [-0.3, -0.25) is 0 Å². The van der Waals surface area contributed by atoms with Crippen LogP contribution in [0.4, 0.5) is 0 Å². The third kappa shape index (κ3) is 1.68. The summed E-state index contributed by atoms with van der Waals surface area (Å²) < 4.78 is 5.24. The number of carboxylic acids is 1. The molecule has 0 heterocycles. The second kappa shape index (κ2) is 3.88. The molecule has 0 amide bonds. The molecule has 1 rings (SSSR count). The average molecular weight is 261 g/mol. The maximum absolute atomic E-state index is 10.9. The van der Waals surface area contributed by atoms with Crippen molar-refractivity contribution >= 4 is 21.9 Å². The zero-order chi connectivity index (χ0) is 10.9. The van der Waals surface area contributed by atoms with E-state index in [9.17, 15) is 9.90 Å². The lowest BCUT2D eigenvalue weighted by atomic mass is 10.1. The van der Waals surface area contributed by atoms with Crippen LogP contribution in [0.2, 0.25) is 0 Å². The molecular weight excluding hydrogens is 252 g/mol. The zero-order valence-electron chi connectivity index (χ0n) is 7.67. The Morgan fingerprint density at radius 3 is 2.57 bits per heavy atom. The summed E-state index contributed by atoms with van der Waals surface area (Å²) in [5, 5.41) is 18.3. The van der Waals surface area contributed by atoms with Crippen LogP contribution < -0.4 is 4.74 Å². The van der Waals surface area contributed by atoms with Crippen LogP contribution >= 0.6 is 15.9 Å². The quantitative estimate of drug-likeness (QED) is 0.856. The van der Waals surface area contributed by atoms with Gasteiger partial charge in [0.05, 0.1) is 17.1 Å². The van der Waals surface area contributed by atoms with Crippen LogP contribution in [0.5, 0.6) is 11.5 Å². The number of aromatic carboxylic acids is 1. The van der Waals surface area contributed by atoms with Crippen molar-refractivity contribution in [2.75, 3.05) is 7.11 Å². The number of phenolic OH excluding ortho intramolecular Hbond substituents is 1. The van der Waals surface area contributed by atoms with Gasteiger partial charge in [-0.05, 0) is 22.9 Å². The number of halogens is 1. The van der Waals surface area contributed by atoms with Gasteiger partial charge in [0.1, 0.15) is 11.5 Å². The van der Waals surface area contributed by atoms with E-state index < -0.39 is 5.97 Å². The molecule has 1 aromatic rings. The second-order valence-electron chi connectivity index (χ2n) is 2.72. The largest absolute Gasteiger partial charge is 0.508 e. The minimum Gasteiger partial charge on any atom is -0.508 e. The number of hydrogen-bond donors (Lipinski definition) is 2. The summed E-state index contributed by atoms with van der Waals surface area (Å²) in [5.41, 5.74) is 0.326. The van der Waals surface area contributed by atoms with E-state index in [2.05, 4.69) is 15.9 Å². The van der Waals surface area contributed by atoms with E-state index >= 15 is 0 Å². The Hall–Kier alpha value is -1.23. The van der Waals surface area contributed by atoms with Gasteiger partial charge in [-0.2, -0.15) is 0 Å². The molecule has 1 aromatic carbocycles. The van der Waals surface area contributed by atoms with Gasteiger partial charge in [-0.25, -0.2) is 4.79 Å². The van der Waals surface area contributed by atoms with Crippen LogP contribution in [0.1, 0.15) is 15.9 Å². The van der Waals surface area contributed by atoms with Crippen molar-refractivity contribution in [1.29, 1.82) is 0 Å². The predicted molar refractivity (Wildman–Crippen MR) is 54.1 cm³/mol. The molecule has 0 aromatic heterocycles. The number of methoxy groups -OCH3 is 1. The fraction of sp³-hybridized carbons (Fsp3) is 0.222. The summed E-state index contributed by atoms with van der Waals surface area (Å²) in [6, 6.07) is 1.37. The Morgan fingerprint density at radius 2 is 2.14 bits per heavy atom. The summed E-state index contributed by atoms with van der Waals surface area (Å²) in [6.07, 6.45) is 0. The number of aromatic hydroxyl groups is 1. The third-order valence-electron chi connectivity index (χ3n) is 1.90. The highest BCUT2D eigenvalue weighted by Gasteiger charge is 2.19. The number of carbonyl (C=O) groups is 1. The van der Waals surface area contributed by atoms with Gasteiger partial charge in [-0.15, -0.1) is 0 Å². The van der Waals surface area contributed by atoms with Gasteiger partial charge in [-0.1, -0.05) is 0 Å². The number of hydrogen-bond acceptors (Lipinski definition) is 3. The molecule has 0 unspecified atom stereocenters. The lowest BCUT2D eigenvalue weighted by Gasteiger charge is -2.10. The van der Waals surface area contributed by atoms with Gasteiger partial charge in [0.2, 0.25) is 0 Å². The van der Waals surface area contributed by atoms with Gasteiger partial charge >= 0.3 is 5.97 Å². The first-order chi connectivity index (χ1) is 6.49. The molecule has 0 aliphatic heterocycles. The van der Waals surface area contributed by atoms with E-state index in [1.54, 1.807) is 0 Å². The van der Waals surface area contributed by atoms with Gasteiger partial charge in [0.25, 0.3) is 0 Å². The lowest BCUT2D eigenvalue weighted by molar-refractivity contribution is 0.0694. The van der Waals surface area contributed by atoms with Crippen LogP contribution in [0.3, 0.4) is 0 Å². The van der Waals surface area contributed by atoms with Crippen molar-refractivity contribution in [1.82, 2.24) is 0 Å². The highest BCUT2D eigenvalue weighted by molar-refractivity contribution is 9.10. The smallest absolute Gasteiger partial charge is 0.337 e. The molecule has 2 N–H and O–H groups in total. The molecular formula is C9H9BrO4. The van der Waals surface area contributed by atoms with Crippen LogP contribution in [-0.2, 0) is 0 Å². The minimum atomic E-state index is -1.11. The summed E-state index contributed by atoms with van der Waals surface area (Å²) in [4.78, 5) is 10.9. The molecule has 0 saturated heterocycles. The van der Waals surface area contributed by atoms with Crippen molar-refractivity contribution < 1.29 is 19.7 Å². The Bertz CT molecular complexity index is 387. The van der Waals surface area contributed by atoms with E-state index in [0.717, 1.165) is 0 Å². The fourth-order valence-electron chi connectivity index (χ4n) is 1.11. The van der Waals surface area contributed by atoms with Crippen LogP contribution in [-0.4, -0.2) is 23.3 Å². The van der Waals surface area contributed by atoms with E-state index in [0.29, 0.717) is 15.8 Å². The molecule has 0 radical (unpaired) electrons. The number of benzene rings is 1. The van der Waals surface area contributed by atoms with Crippen LogP contribution in [0.25, 0.3) is 0 Å². The molecule has 0 atom stereocenters. The van der Waals surface area contributed by atoms with Crippen molar-refractivity contribution in [3.8, 4) is 11.5 Å². The average Bonchev–Trinajstić information content (AvgIpc) is 2.11. The number of phenols is 1. The first kappa shape index (κ1) is 10.8. The molecule has 5 heteroatoms. The van der Waals surface area contributed by atoms with E-state index in [1.807, 2.05) is 0 Å². The molecule has 0 aliphatic rings. The lowest BCUT2D eigenvalue weighted by Crippen LogP contribution is -2.02. The molecule has 0 saturated carbocycles. The van der Waals surface area contributed by atoms with Crippen LogP contribution in [0, 0.1) is 6.92 Å². The van der Waals surface area contributed by atoms with Gasteiger partial charge in [0.15, 0.2) is 0 Å². The van der Waals surface area contributed by atoms with Gasteiger partial charge in [0, 0.05) is 11.6 Å². The Kier molecular flexibility index (Phi) is 3.00. The summed E-state index contributed by atoms with van der Waals surface area (Å²) in [6.45, 7) is 1.53. The predicted octanol–water partition coefficient (Wildman–Crippen LogP) is 2.17. The molecule has 0 spiro atoms. The van der Waals surface area contributed by atoms with E-state index in [-0.39, 0.29) is 11.3 Å². The molecule has 4 nitrogen and oxygen atoms in total. The number of ether oxygens (including phenoxy) is 1. The normalized spacial score (nSPS) is 9.93. The summed E-state index contributed by atoms with van der Waals surface area (Å²) in [5.74, 6) is -0.906. The topological polar surface area (TPSA) is 66.8 Å². The van der Waals surface area contributed by atoms with Crippen LogP contribution in [0.15, 0.2) is 10.5 Å². The molecule has 76 valence electrons. The molecule has 14 heavy (non-hydrogen) atoms. The van der Waals surface area contributed by atoms with Gasteiger partial charge < -0.3 is 14.9 Å². The summed E-state index contributed by atoms with van der Waals surface area (Å²) >= 11 is 3.11. The minimum absolute atomic E-state index is 0.0156. The van der Waals surface area contributed by atoms with Crippen molar-refractivity contribution in [3.05, 3.63) is 21.7 Å². The second-order valence-corrected chi connectivity index (χ2v) is 3.51. The summed E-state index contributed by atoms with van der Waals surface area (Å²) in [7, 11) is 1.40. The zero-order valence-corrected chi connectivity index (χ0v) is 9.25. The first-order valence-corrected chi connectivity index (χ1v) is 4.57. The monoisotopic (exact) mass is 260 g/mol. The maximum Gasteiger partial charge on any atom is 0.337 e. The third-order valence-corrected chi connectivity index (χ3v) is 2.68. The Labute approximate surface area is 89.3 Å². The highest BCUT2D eigenvalue weighted by atomic mass is 79.9. The maximum atomic E-state index is 10.9. The van der Waals surface area contributed by atoms with Crippen molar-refractivity contribution in [3.63, 3.8) is 0 Å². The molecule has 0 bridgehead atoms. The Balaban J connectivity index is 3.53. The van der Waals surface area contributed by atoms with Crippen molar-refractivity contribution in [2.24, 2.45) is 0 Å². The molecule has 0 aliphatic carbocycles. The SMILES string of the molecule is COc1cc(O)c(C)c(C(=O)O)c1Br. The van der Waals surface area contributed by atoms with E-state index in [4.69, 9.17) is 9.84 Å². The standard InChI is InChI=1S/C9H9BrO4/c1-4-5(11)3-6(14-2)8(10)7(4)9(12)13/h3,11H,1-2H3,(H,12,13). The van der Waals surface area contributed by atoms with Crippen molar-refractivity contribution in [2.45, 2.75) is 6.92 Å². The first-order valence-electron chi connectivity index (χ1n) is 3.78. The number of carboxylic acid groups (broad SMARTS) is 1.